The van der Waals surface area contributed by atoms with Crippen LogP contribution in [-0.4, -0.2) is 33.6 Å². The van der Waals surface area contributed by atoms with E-state index in [1.54, 1.807) is 11.3 Å². The molecule has 3 aromatic rings. The Morgan fingerprint density at radius 3 is 2.86 bits per heavy atom. The molecule has 2 aromatic heterocycles. The van der Waals surface area contributed by atoms with Gasteiger partial charge in [0.25, 0.3) is 5.56 Å². The van der Waals surface area contributed by atoms with Crippen LogP contribution in [0.2, 0.25) is 0 Å². The van der Waals surface area contributed by atoms with Crippen molar-refractivity contribution in [2.24, 2.45) is 5.92 Å². The number of rotatable bonds is 4. The van der Waals surface area contributed by atoms with E-state index in [0.717, 1.165) is 37.2 Å². The SMILES string of the molecule is O=c1c(-c2cccc3ccsc23)cc2c(n1CC1CC1)CCN([C@H]1CCSC1)C2. The predicted molar refractivity (Wildman–Crippen MR) is 124 cm³/mol. The molecule has 0 unspecified atom stereocenters. The van der Waals surface area contributed by atoms with E-state index in [1.807, 2.05) is 0 Å². The zero-order valence-electron chi connectivity index (χ0n) is 16.6. The molecule has 2 fully saturated rings. The summed E-state index contributed by atoms with van der Waals surface area (Å²) in [6.45, 7) is 3.01. The summed E-state index contributed by atoms with van der Waals surface area (Å²) < 4.78 is 3.40. The normalized spacial score (nSPS) is 22.3. The van der Waals surface area contributed by atoms with E-state index in [4.69, 9.17) is 0 Å². The lowest BCUT2D eigenvalue weighted by Crippen LogP contribution is -2.42. The predicted octanol–water partition coefficient (Wildman–Crippen LogP) is 5.00. The van der Waals surface area contributed by atoms with E-state index >= 15 is 0 Å². The Kier molecular flexibility index (Phi) is 4.58. The molecule has 1 saturated heterocycles. The van der Waals surface area contributed by atoms with Gasteiger partial charge in [0.1, 0.15) is 0 Å². The molecule has 150 valence electrons. The smallest absolute Gasteiger partial charge is 0.258 e. The number of nitrogens with zero attached hydrogens (tertiary/aromatic N) is 2. The van der Waals surface area contributed by atoms with E-state index in [0.29, 0.717) is 12.0 Å². The highest BCUT2D eigenvalue weighted by molar-refractivity contribution is 7.99. The first-order valence-electron chi connectivity index (χ1n) is 10.8. The largest absolute Gasteiger partial charge is 0.311 e. The van der Waals surface area contributed by atoms with Crippen molar-refractivity contribution in [1.29, 1.82) is 0 Å². The number of aromatic nitrogens is 1. The van der Waals surface area contributed by atoms with Gasteiger partial charge in [0, 0.05) is 59.4 Å². The van der Waals surface area contributed by atoms with Crippen molar-refractivity contribution < 1.29 is 0 Å². The third-order valence-corrected chi connectivity index (χ3v) is 8.94. The van der Waals surface area contributed by atoms with Gasteiger partial charge >= 0.3 is 0 Å². The molecule has 1 atom stereocenters. The maximum Gasteiger partial charge on any atom is 0.258 e. The fraction of sp³-hybridized carbons (Fsp3) is 0.458. The lowest BCUT2D eigenvalue weighted by Gasteiger charge is -2.34. The summed E-state index contributed by atoms with van der Waals surface area (Å²) in [4.78, 5) is 16.3. The Balaban J connectivity index is 1.49. The van der Waals surface area contributed by atoms with Gasteiger partial charge < -0.3 is 4.57 Å². The van der Waals surface area contributed by atoms with Gasteiger partial charge in [-0.1, -0.05) is 18.2 Å². The van der Waals surface area contributed by atoms with Crippen LogP contribution < -0.4 is 5.56 Å². The Hall–Kier alpha value is -1.56. The molecule has 0 radical (unpaired) electrons. The first-order valence-corrected chi connectivity index (χ1v) is 12.9. The summed E-state index contributed by atoms with van der Waals surface area (Å²) in [5.74, 6) is 3.26. The number of benzene rings is 1. The van der Waals surface area contributed by atoms with Crippen LogP contribution in [0.1, 0.15) is 30.5 Å². The monoisotopic (exact) mass is 422 g/mol. The minimum Gasteiger partial charge on any atom is -0.311 e. The molecule has 5 heteroatoms. The molecule has 29 heavy (non-hydrogen) atoms. The quantitative estimate of drug-likeness (QED) is 0.591. The standard InChI is InChI=1S/C24H26N2OS2/c27-24-21(20-3-1-2-17-7-11-29-23(17)20)12-18-14-25(19-8-10-28-15-19)9-6-22(18)26(24)13-16-4-5-16/h1-3,7,11-12,16,19H,4-6,8-10,13-15H2/t19-/m0/s1. The van der Waals surface area contributed by atoms with Crippen molar-refractivity contribution in [3.63, 3.8) is 0 Å². The van der Waals surface area contributed by atoms with Gasteiger partial charge in [0.2, 0.25) is 0 Å². The molecule has 0 N–H and O–H groups in total. The Morgan fingerprint density at radius 2 is 2.03 bits per heavy atom. The van der Waals surface area contributed by atoms with Crippen LogP contribution in [0.15, 0.2) is 40.5 Å². The van der Waals surface area contributed by atoms with Crippen molar-refractivity contribution in [3.8, 4) is 11.1 Å². The van der Waals surface area contributed by atoms with E-state index in [2.05, 4.69) is 56.9 Å². The van der Waals surface area contributed by atoms with Crippen molar-refractivity contribution in [3.05, 3.63) is 57.3 Å². The van der Waals surface area contributed by atoms with Crippen LogP contribution in [-0.2, 0) is 19.5 Å². The van der Waals surface area contributed by atoms with Gasteiger partial charge in [-0.05, 0) is 59.4 Å². The van der Waals surface area contributed by atoms with Crippen molar-refractivity contribution in [2.75, 3.05) is 18.1 Å². The van der Waals surface area contributed by atoms with Gasteiger partial charge in [-0.25, -0.2) is 0 Å². The van der Waals surface area contributed by atoms with Gasteiger partial charge in [0.15, 0.2) is 0 Å². The summed E-state index contributed by atoms with van der Waals surface area (Å²) in [5, 5.41) is 3.37. The highest BCUT2D eigenvalue weighted by atomic mass is 32.2. The number of hydrogen-bond donors (Lipinski definition) is 0. The molecular formula is C24H26N2OS2. The molecule has 0 amide bonds. The first kappa shape index (κ1) is 18.2. The second-order valence-corrected chi connectivity index (χ2v) is 10.8. The van der Waals surface area contributed by atoms with E-state index in [1.165, 1.54) is 52.1 Å². The molecule has 3 aliphatic rings. The maximum absolute atomic E-state index is 13.7. The minimum absolute atomic E-state index is 0.224. The average molecular weight is 423 g/mol. The van der Waals surface area contributed by atoms with Crippen LogP contribution >= 0.6 is 23.1 Å². The zero-order valence-corrected chi connectivity index (χ0v) is 18.2. The third-order valence-electron chi connectivity index (χ3n) is 6.83. The highest BCUT2D eigenvalue weighted by Gasteiger charge is 2.31. The number of pyridine rings is 1. The first-order chi connectivity index (χ1) is 14.3. The second-order valence-electron chi connectivity index (χ2n) is 8.77. The van der Waals surface area contributed by atoms with Gasteiger partial charge in [0.05, 0.1) is 0 Å². The van der Waals surface area contributed by atoms with E-state index in [9.17, 15) is 4.79 Å². The third kappa shape index (κ3) is 3.28. The molecule has 1 saturated carbocycles. The number of hydrogen-bond acceptors (Lipinski definition) is 4. The molecule has 1 aromatic carbocycles. The molecule has 2 aliphatic heterocycles. The summed E-state index contributed by atoms with van der Waals surface area (Å²) >= 11 is 3.83. The number of fused-ring (bicyclic) bond motifs is 2. The Morgan fingerprint density at radius 1 is 1.10 bits per heavy atom. The van der Waals surface area contributed by atoms with Crippen LogP contribution in [0, 0.1) is 5.92 Å². The Bertz CT molecular complexity index is 1120. The summed E-state index contributed by atoms with van der Waals surface area (Å²) in [5.41, 5.74) is 4.94. The van der Waals surface area contributed by atoms with Crippen LogP contribution in [0.5, 0.6) is 0 Å². The molecule has 4 heterocycles. The maximum atomic E-state index is 13.7. The van der Waals surface area contributed by atoms with E-state index < -0.39 is 0 Å². The lowest BCUT2D eigenvalue weighted by molar-refractivity contribution is 0.190. The minimum atomic E-state index is 0.224. The van der Waals surface area contributed by atoms with Crippen molar-refractivity contribution in [1.82, 2.24) is 9.47 Å². The topological polar surface area (TPSA) is 25.2 Å². The van der Waals surface area contributed by atoms with Crippen molar-refractivity contribution >= 4 is 33.2 Å². The summed E-state index contributed by atoms with van der Waals surface area (Å²) in [6.07, 6.45) is 4.87. The molecular weight excluding hydrogens is 396 g/mol. The van der Waals surface area contributed by atoms with Crippen LogP contribution in [0.4, 0.5) is 0 Å². The Labute approximate surface area is 179 Å². The van der Waals surface area contributed by atoms with Gasteiger partial charge in [-0.3, -0.25) is 9.69 Å². The van der Waals surface area contributed by atoms with Crippen LogP contribution in [0.3, 0.4) is 0 Å². The summed E-state index contributed by atoms with van der Waals surface area (Å²) in [6, 6.07) is 11.5. The molecule has 0 spiro atoms. The number of thiophene rings is 1. The zero-order chi connectivity index (χ0) is 19.4. The lowest BCUT2D eigenvalue weighted by atomic mass is 9.97. The van der Waals surface area contributed by atoms with Gasteiger partial charge in [-0.2, -0.15) is 11.8 Å². The fourth-order valence-corrected chi connectivity index (χ4v) is 7.19. The average Bonchev–Trinajstić information content (AvgIpc) is 3.20. The van der Waals surface area contributed by atoms with Crippen LogP contribution in [0.25, 0.3) is 21.2 Å². The van der Waals surface area contributed by atoms with Crippen molar-refractivity contribution in [2.45, 2.75) is 44.8 Å². The summed E-state index contributed by atoms with van der Waals surface area (Å²) in [7, 11) is 0. The molecule has 6 rings (SSSR count). The van der Waals surface area contributed by atoms with E-state index in [-0.39, 0.29) is 5.56 Å². The van der Waals surface area contributed by atoms with Gasteiger partial charge in [-0.15, -0.1) is 11.3 Å². The highest BCUT2D eigenvalue weighted by Crippen LogP contribution is 2.35. The second kappa shape index (κ2) is 7.29. The molecule has 3 nitrogen and oxygen atoms in total. The molecule has 0 bridgehead atoms. The number of thioether (sulfide) groups is 1. The molecule has 1 aliphatic carbocycles. The fourth-order valence-electron chi connectivity index (χ4n) is 5.01.